The molecular weight excluding hydrogens is 308 g/mol. The van der Waals surface area contributed by atoms with E-state index >= 15 is 0 Å². The van der Waals surface area contributed by atoms with Gasteiger partial charge in [-0.25, -0.2) is 4.98 Å². The Kier molecular flexibility index (Phi) is 4.68. The monoisotopic (exact) mass is 324 g/mol. The van der Waals surface area contributed by atoms with Crippen LogP contribution in [0.4, 0.5) is 0 Å². The minimum absolute atomic E-state index is 0.175. The van der Waals surface area contributed by atoms with Crippen LogP contribution in [0.3, 0.4) is 0 Å². The van der Waals surface area contributed by atoms with E-state index in [1.807, 2.05) is 54.6 Å². The second-order valence-corrected chi connectivity index (χ2v) is 5.80. The highest BCUT2D eigenvalue weighted by atomic mass is 32.1. The summed E-state index contributed by atoms with van der Waals surface area (Å²) >= 11 is 1.47. The molecule has 3 rings (SSSR count). The van der Waals surface area contributed by atoms with E-state index in [9.17, 15) is 4.79 Å². The Morgan fingerprint density at radius 1 is 1.17 bits per heavy atom. The second kappa shape index (κ2) is 7.07. The van der Waals surface area contributed by atoms with Gasteiger partial charge in [-0.3, -0.25) is 4.79 Å². The zero-order valence-electron chi connectivity index (χ0n) is 12.7. The van der Waals surface area contributed by atoms with Crippen molar-refractivity contribution in [3.8, 4) is 16.3 Å². The maximum absolute atomic E-state index is 12.2. The number of aromatic nitrogens is 1. The number of amides is 1. The van der Waals surface area contributed by atoms with Crippen LogP contribution in [0.5, 0.6) is 5.75 Å². The van der Waals surface area contributed by atoms with E-state index < -0.39 is 0 Å². The lowest BCUT2D eigenvalue weighted by Crippen LogP contribution is -2.23. The zero-order valence-corrected chi connectivity index (χ0v) is 13.5. The summed E-state index contributed by atoms with van der Waals surface area (Å²) in [6.07, 6.45) is 0. The highest BCUT2D eigenvalue weighted by molar-refractivity contribution is 7.13. The van der Waals surface area contributed by atoms with Gasteiger partial charge in [0, 0.05) is 17.5 Å². The number of carbonyl (C=O) groups is 1. The number of carbonyl (C=O) groups excluding carboxylic acids is 1. The van der Waals surface area contributed by atoms with Crippen LogP contribution >= 0.6 is 11.3 Å². The highest BCUT2D eigenvalue weighted by Gasteiger charge is 2.11. The van der Waals surface area contributed by atoms with E-state index in [0.717, 1.165) is 21.9 Å². The molecule has 1 N–H and O–H groups in total. The molecule has 5 heteroatoms. The SMILES string of the molecule is COc1cccc(CNC(=O)c2csc(-c3ccccc3)n2)c1. The topological polar surface area (TPSA) is 51.2 Å². The van der Waals surface area contributed by atoms with Gasteiger partial charge in [-0.05, 0) is 17.7 Å². The summed E-state index contributed by atoms with van der Waals surface area (Å²) < 4.78 is 5.18. The van der Waals surface area contributed by atoms with Crippen LogP contribution in [0.25, 0.3) is 10.6 Å². The van der Waals surface area contributed by atoms with Gasteiger partial charge < -0.3 is 10.1 Å². The largest absolute Gasteiger partial charge is 0.497 e. The molecule has 0 bridgehead atoms. The molecule has 0 fully saturated rings. The van der Waals surface area contributed by atoms with Gasteiger partial charge in [0.1, 0.15) is 16.5 Å². The minimum Gasteiger partial charge on any atom is -0.497 e. The summed E-state index contributed by atoms with van der Waals surface area (Å²) in [6.45, 7) is 0.439. The molecule has 116 valence electrons. The van der Waals surface area contributed by atoms with Gasteiger partial charge in [0.25, 0.3) is 5.91 Å². The standard InChI is InChI=1S/C18H16N2O2S/c1-22-15-9-5-6-13(10-15)11-19-17(21)16-12-23-18(20-16)14-7-3-2-4-8-14/h2-10,12H,11H2,1H3,(H,19,21). The van der Waals surface area contributed by atoms with Crippen molar-refractivity contribution in [2.24, 2.45) is 0 Å². The molecule has 2 aromatic carbocycles. The Morgan fingerprint density at radius 3 is 2.78 bits per heavy atom. The third-order valence-corrected chi connectivity index (χ3v) is 4.24. The van der Waals surface area contributed by atoms with Gasteiger partial charge in [-0.15, -0.1) is 11.3 Å². The second-order valence-electron chi connectivity index (χ2n) is 4.94. The molecule has 0 aliphatic carbocycles. The molecule has 0 aliphatic heterocycles. The lowest BCUT2D eigenvalue weighted by Gasteiger charge is -2.05. The third-order valence-electron chi connectivity index (χ3n) is 3.34. The Balaban J connectivity index is 1.66. The normalized spacial score (nSPS) is 10.3. The third kappa shape index (κ3) is 3.76. The van der Waals surface area contributed by atoms with Crippen LogP contribution in [-0.2, 0) is 6.54 Å². The first kappa shape index (κ1) is 15.2. The average Bonchev–Trinajstić information content (AvgIpc) is 3.11. The number of methoxy groups -OCH3 is 1. The Bertz CT molecular complexity index is 800. The highest BCUT2D eigenvalue weighted by Crippen LogP contribution is 2.23. The molecule has 1 heterocycles. The zero-order chi connectivity index (χ0) is 16.1. The van der Waals surface area contributed by atoms with Crippen molar-refractivity contribution in [1.82, 2.24) is 10.3 Å². The molecule has 0 saturated carbocycles. The number of benzene rings is 2. The summed E-state index contributed by atoms with van der Waals surface area (Å²) in [7, 11) is 1.62. The molecule has 0 atom stereocenters. The van der Waals surface area contributed by atoms with Crippen LogP contribution in [0.1, 0.15) is 16.1 Å². The maximum Gasteiger partial charge on any atom is 0.271 e. The van der Waals surface area contributed by atoms with Crippen molar-refractivity contribution in [3.05, 3.63) is 71.2 Å². The fourth-order valence-corrected chi connectivity index (χ4v) is 2.95. The van der Waals surface area contributed by atoms with E-state index in [1.54, 1.807) is 12.5 Å². The molecule has 4 nitrogen and oxygen atoms in total. The van der Waals surface area contributed by atoms with Gasteiger partial charge in [0.2, 0.25) is 0 Å². The number of hydrogen-bond donors (Lipinski definition) is 1. The number of thiazole rings is 1. The van der Waals surface area contributed by atoms with Crippen LogP contribution in [-0.4, -0.2) is 18.0 Å². The molecule has 0 radical (unpaired) electrons. The molecule has 0 aliphatic rings. The number of nitrogens with one attached hydrogen (secondary N) is 1. The predicted octanol–water partition coefficient (Wildman–Crippen LogP) is 3.75. The summed E-state index contributed by atoms with van der Waals surface area (Å²) in [5.74, 6) is 0.600. The van der Waals surface area contributed by atoms with Crippen molar-refractivity contribution in [2.45, 2.75) is 6.54 Å². The fraction of sp³-hybridized carbons (Fsp3) is 0.111. The molecule has 0 unspecified atom stereocenters. The molecule has 0 spiro atoms. The maximum atomic E-state index is 12.2. The van der Waals surface area contributed by atoms with Crippen molar-refractivity contribution in [2.75, 3.05) is 7.11 Å². The van der Waals surface area contributed by atoms with Crippen molar-refractivity contribution in [1.29, 1.82) is 0 Å². The van der Waals surface area contributed by atoms with E-state index in [4.69, 9.17) is 4.74 Å². The van der Waals surface area contributed by atoms with Crippen LogP contribution in [0.15, 0.2) is 60.0 Å². The molecule has 1 aromatic heterocycles. The number of ether oxygens (including phenoxy) is 1. The van der Waals surface area contributed by atoms with Crippen molar-refractivity contribution in [3.63, 3.8) is 0 Å². The first-order chi connectivity index (χ1) is 11.3. The molecule has 3 aromatic rings. The van der Waals surface area contributed by atoms with E-state index in [2.05, 4.69) is 10.3 Å². The summed E-state index contributed by atoms with van der Waals surface area (Å²) in [5, 5.41) is 5.51. The Morgan fingerprint density at radius 2 is 2.00 bits per heavy atom. The van der Waals surface area contributed by atoms with Gasteiger partial charge >= 0.3 is 0 Å². The number of hydrogen-bond acceptors (Lipinski definition) is 4. The lowest BCUT2D eigenvalue weighted by atomic mass is 10.2. The lowest BCUT2D eigenvalue weighted by molar-refractivity contribution is 0.0946. The Hall–Kier alpha value is -2.66. The average molecular weight is 324 g/mol. The van der Waals surface area contributed by atoms with Crippen LogP contribution in [0, 0.1) is 0 Å². The van der Waals surface area contributed by atoms with Gasteiger partial charge in [-0.2, -0.15) is 0 Å². The number of rotatable bonds is 5. The summed E-state index contributed by atoms with van der Waals surface area (Å²) in [5.41, 5.74) is 2.44. The molecule has 23 heavy (non-hydrogen) atoms. The van der Waals surface area contributed by atoms with Gasteiger partial charge in [0.15, 0.2) is 0 Å². The fourth-order valence-electron chi connectivity index (χ4n) is 2.15. The first-order valence-electron chi connectivity index (χ1n) is 7.18. The van der Waals surface area contributed by atoms with E-state index in [-0.39, 0.29) is 5.91 Å². The molecule has 0 saturated heterocycles. The molecular formula is C18H16N2O2S. The van der Waals surface area contributed by atoms with Gasteiger partial charge in [0.05, 0.1) is 7.11 Å². The smallest absolute Gasteiger partial charge is 0.271 e. The van der Waals surface area contributed by atoms with E-state index in [0.29, 0.717) is 12.2 Å². The van der Waals surface area contributed by atoms with Crippen LogP contribution < -0.4 is 10.1 Å². The van der Waals surface area contributed by atoms with E-state index in [1.165, 1.54) is 11.3 Å². The van der Waals surface area contributed by atoms with Crippen molar-refractivity contribution < 1.29 is 9.53 Å². The van der Waals surface area contributed by atoms with Crippen LogP contribution in [0.2, 0.25) is 0 Å². The summed E-state index contributed by atoms with van der Waals surface area (Å²) in [6, 6.07) is 17.5. The van der Waals surface area contributed by atoms with Gasteiger partial charge in [-0.1, -0.05) is 42.5 Å². The first-order valence-corrected chi connectivity index (χ1v) is 8.06. The predicted molar refractivity (Wildman–Crippen MR) is 91.7 cm³/mol. The quantitative estimate of drug-likeness (QED) is 0.777. The number of nitrogens with zero attached hydrogens (tertiary/aromatic N) is 1. The minimum atomic E-state index is -0.175. The summed E-state index contributed by atoms with van der Waals surface area (Å²) in [4.78, 5) is 16.6. The van der Waals surface area contributed by atoms with Crippen molar-refractivity contribution >= 4 is 17.2 Å². The molecule has 1 amide bonds. The Labute approximate surface area is 138 Å².